The van der Waals surface area contributed by atoms with E-state index in [0.29, 0.717) is 22.8 Å². The zero-order chi connectivity index (χ0) is 16.0. The van der Waals surface area contributed by atoms with Crippen LogP contribution in [0.3, 0.4) is 0 Å². The predicted octanol–water partition coefficient (Wildman–Crippen LogP) is 2.70. The second kappa shape index (κ2) is 7.35. The summed E-state index contributed by atoms with van der Waals surface area (Å²) < 4.78 is 65.1. The second-order valence-corrected chi connectivity index (χ2v) is 4.16. The third-order valence-electron chi connectivity index (χ3n) is 2.78. The summed E-state index contributed by atoms with van der Waals surface area (Å²) in [4.78, 5) is 0. The maximum Gasteiger partial charge on any atom is 0.319 e. The molecule has 8 heteroatoms. The number of halogens is 4. The lowest BCUT2D eigenvalue weighted by Crippen LogP contribution is -2.38. The molecule has 0 spiro atoms. The Labute approximate surface area is 120 Å². The molecule has 4 nitrogen and oxygen atoms in total. The van der Waals surface area contributed by atoms with Crippen molar-refractivity contribution in [2.24, 2.45) is 0 Å². The second-order valence-electron chi connectivity index (χ2n) is 4.16. The average molecular weight is 311 g/mol. The van der Waals surface area contributed by atoms with Gasteiger partial charge in [0.25, 0.3) is 0 Å². The fourth-order valence-electron chi connectivity index (χ4n) is 1.74. The Morgan fingerprint density at radius 2 is 1.67 bits per heavy atom. The Hall–Kier alpha value is -1.70. The number of nitrogens with one attached hydrogen (secondary N) is 1. The molecule has 0 aromatic heterocycles. The van der Waals surface area contributed by atoms with Crippen LogP contribution >= 0.6 is 0 Å². The van der Waals surface area contributed by atoms with Crippen LogP contribution in [-0.4, -0.2) is 40.2 Å². The molecule has 0 unspecified atom stereocenters. The molecule has 0 saturated carbocycles. The van der Waals surface area contributed by atoms with Gasteiger partial charge in [0.15, 0.2) is 11.5 Å². The molecule has 1 aromatic rings. The van der Waals surface area contributed by atoms with E-state index in [-0.39, 0.29) is 6.54 Å². The lowest BCUT2D eigenvalue weighted by molar-refractivity contribution is -0.125. The Balaban J connectivity index is 2.85. The molecule has 0 radical (unpaired) electrons. The van der Waals surface area contributed by atoms with Gasteiger partial charge in [-0.1, -0.05) is 6.07 Å². The van der Waals surface area contributed by atoms with Crippen molar-refractivity contribution in [3.8, 4) is 17.2 Å². The summed E-state index contributed by atoms with van der Waals surface area (Å²) in [5.74, 6) is -3.07. The van der Waals surface area contributed by atoms with E-state index >= 15 is 0 Å². The van der Waals surface area contributed by atoms with Crippen molar-refractivity contribution >= 4 is 0 Å². The number of methoxy groups -OCH3 is 3. The highest BCUT2D eigenvalue weighted by Gasteiger charge is 2.40. The van der Waals surface area contributed by atoms with Gasteiger partial charge in [-0.05, 0) is 6.07 Å². The van der Waals surface area contributed by atoms with Crippen molar-refractivity contribution in [3.05, 3.63) is 17.7 Å². The molecule has 0 heterocycles. The molecule has 120 valence electrons. The van der Waals surface area contributed by atoms with Crippen LogP contribution in [0, 0.1) is 0 Å². The van der Waals surface area contributed by atoms with Crippen LogP contribution in [0.4, 0.5) is 17.6 Å². The zero-order valence-electron chi connectivity index (χ0n) is 11.9. The third kappa shape index (κ3) is 4.13. The van der Waals surface area contributed by atoms with E-state index in [9.17, 15) is 17.6 Å². The smallest absolute Gasteiger partial charge is 0.319 e. The molecule has 0 fully saturated rings. The van der Waals surface area contributed by atoms with E-state index in [1.807, 2.05) is 0 Å². The molecule has 0 saturated heterocycles. The Bertz CT molecular complexity index is 469. The number of ether oxygens (including phenoxy) is 3. The van der Waals surface area contributed by atoms with Gasteiger partial charge in [0.05, 0.1) is 27.9 Å². The zero-order valence-corrected chi connectivity index (χ0v) is 11.9. The number of hydrogen-bond donors (Lipinski definition) is 1. The topological polar surface area (TPSA) is 39.7 Å². The summed E-state index contributed by atoms with van der Waals surface area (Å²) in [6.07, 6.45) is -3.71. The van der Waals surface area contributed by atoms with Crippen LogP contribution in [0.15, 0.2) is 12.1 Å². The summed E-state index contributed by atoms with van der Waals surface area (Å²) in [6, 6.07) is 3.15. The number of alkyl halides is 4. The minimum Gasteiger partial charge on any atom is -0.493 e. The van der Waals surface area contributed by atoms with Crippen LogP contribution in [-0.2, 0) is 6.54 Å². The standard InChI is InChI=1S/C13H17F4NO3/c1-19-9-5-4-8(10(20-2)11(9)21-3)6-18-7-13(16,17)12(14)15/h4-5,12,18H,6-7H2,1-3H3. The molecule has 21 heavy (non-hydrogen) atoms. The first-order chi connectivity index (χ1) is 9.87. The van der Waals surface area contributed by atoms with E-state index in [1.165, 1.54) is 21.3 Å². The van der Waals surface area contributed by atoms with Crippen LogP contribution < -0.4 is 19.5 Å². The fourth-order valence-corrected chi connectivity index (χ4v) is 1.74. The van der Waals surface area contributed by atoms with Gasteiger partial charge in [-0.2, -0.15) is 8.78 Å². The van der Waals surface area contributed by atoms with Crippen LogP contribution in [0.1, 0.15) is 5.56 Å². The largest absolute Gasteiger partial charge is 0.493 e. The molecular formula is C13H17F4NO3. The molecule has 0 aliphatic rings. The van der Waals surface area contributed by atoms with Gasteiger partial charge in [-0.3, -0.25) is 0 Å². The summed E-state index contributed by atoms with van der Waals surface area (Å²) >= 11 is 0. The van der Waals surface area contributed by atoms with E-state index in [0.717, 1.165) is 0 Å². The first kappa shape index (κ1) is 17.4. The van der Waals surface area contributed by atoms with Gasteiger partial charge in [-0.25, -0.2) is 8.78 Å². The summed E-state index contributed by atoms with van der Waals surface area (Å²) in [7, 11) is 4.23. The van der Waals surface area contributed by atoms with Crippen molar-refractivity contribution in [3.63, 3.8) is 0 Å². The van der Waals surface area contributed by atoms with Crippen LogP contribution in [0.2, 0.25) is 0 Å². The molecule has 0 atom stereocenters. The predicted molar refractivity (Wildman–Crippen MR) is 68.8 cm³/mol. The van der Waals surface area contributed by atoms with Gasteiger partial charge in [0.2, 0.25) is 5.75 Å². The van der Waals surface area contributed by atoms with Gasteiger partial charge >= 0.3 is 12.3 Å². The molecule has 0 aliphatic carbocycles. The van der Waals surface area contributed by atoms with E-state index in [2.05, 4.69) is 5.32 Å². The minimum atomic E-state index is -4.08. The van der Waals surface area contributed by atoms with E-state index in [4.69, 9.17) is 14.2 Å². The lowest BCUT2D eigenvalue weighted by atomic mass is 10.1. The lowest BCUT2D eigenvalue weighted by Gasteiger charge is -2.18. The molecule has 1 N–H and O–H groups in total. The average Bonchev–Trinajstić information content (AvgIpc) is 2.45. The van der Waals surface area contributed by atoms with Crippen molar-refractivity contribution in [2.45, 2.75) is 18.9 Å². The van der Waals surface area contributed by atoms with Gasteiger partial charge in [0, 0.05) is 12.1 Å². The highest BCUT2D eigenvalue weighted by Crippen LogP contribution is 2.39. The monoisotopic (exact) mass is 311 g/mol. The summed E-state index contributed by atoms with van der Waals surface area (Å²) in [5.41, 5.74) is 0.486. The normalized spacial score (nSPS) is 11.6. The molecule has 1 aromatic carbocycles. The van der Waals surface area contributed by atoms with Crippen molar-refractivity contribution < 1.29 is 31.8 Å². The minimum absolute atomic E-state index is 0.0775. The van der Waals surface area contributed by atoms with Crippen LogP contribution in [0.5, 0.6) is 17.2 Å². The van der Waals surface area contributed by atoms with Crippen molar-refractivity contribution in [1.29, 1.82) is 0 Å². The maximum absolute atomic E-state index is 12.8. The number of rotatable bonds is 8. The first-order valence-electron chi connectivity index (χ1n) is 6.02. The van der Waals surface area contributed by atoms with Crippen molar-refractivity contribution in [2.75, 3.05) is 27.9 Å². The molecule has 0 amide bonds. The fraction of sp³-hybridized carbons (Fsp3) is 0.538. The Morgan fingerprint density at radius 3 is 2.14 bits per heavy atom. The summed E-state index contributed by atoms with van der Waals surface area (Å²) in [6.45, 7) is -1.21. The van der Waals surface area contributed by atoms with Gasteiger partial charge < -0.3 is 19.5 Å². The maximum atomic E-state index is 12.8. The number of benzene rings is 1. The molecule has 0 bridgehead atoms. The number of hydrogen-bond acceptors (Lipinski definition) is 4. The Kier molecular flexibility index (Phi) is 6.07. The Morgan fingerprint density at radius 1 is 1.05 bits per heavy atom. The molecular weight excluding hydrogens is 294 g/mol. The van der Waals surface area contributed by atoms with Crippen molar-refractivity contribution in [1.82, 2.24) is 5.32 Å². The quantitative estimate of drug-likeness (QED) is 0.749. The molecule has 0 aliphatic heterocycles. The van der Waals surface area contributed by atoms with E-state index in [1.54, 1.807) is 12.1 Å². The van der Waals surface area contributed by atoms with E-state index < -0.39 is 18.9 Å². The third-order valence-corrected chi connectivity index (χ3v) is 2.78. The first-order valence-corrected chi connectivity index (χ1v) is 6.02. The van der Waals surface area contributed by atoms with Crippen LogP contribution in [0.25, 0.3) is 0 Å². The molecule has 1 rings (SSSR count). The SMILES string of the molecule is COc1ccc(CNCC(F)(F)C(F)F)c(OC)c1OC. The van der Waals surface area contributed by atoms with Gasteiger partial charge in [0.1, 0.15) is 0 Å². The highest BCUT2D eigenvalue weighted by atomic mass is 19.3. The highest BCUT2D eigenvalue weighted by molar-refractivity contribution is 5.55. The van der Waals surface area contributed by atoms with Gasteiger partial charge in [-0.15, -0.1) is 0 Å². The summed E-state index contributed by atoms with van der Waals surface area (Å²) in [5, 5.41) is 2.28.